The minimum atomic E-state index is -4.52. The number of alkyl halides is 3. The summed E-state index contributed by atoms with van der Waals surface area (Å²) in [7, 11) is -3.78. The van der Waals surface area contributed by atoms with E-state index in [4.69, 9.17) is 0 Å². The highest BCUT2D eigenvalue weighted by molar-refractivity contribution is 7.88. The standard InChI is InChI=1S/C6H11F3N2O2S/c1-14(12,13)11-3-2-10-4-5(11)6(7,8)9/h5,10H,2-4H2,1H3. The van der Waals surface area contributed by atoms with E-state index in [-0.39, 0.29) is 19.6 Å². The third-order valence-electron chi connectivity index (χ3n) is 2.00. The predicted molar refractivity (Wildman–Crippen MR) is 44.3 cm³/mol. The average molecular weight is 232 g/mol. The molecule has 1 saturated heterocycles. The fraction of sp³-hybridized carbons (Fsp3) is 1.00. The molecular weight excluding hydrogens is 221 g/mol. The SMILES string of the molecule is CS(=O)(=O)N1CCNCC1C(F)(F)F. The molecule has 0 aromatic carbocycles. The molecule has 0 spiro atoms. The van der Waals surface area contributed by atoms with E-state index in [9.17, 15) is 21.6 Å². The van der Waals surface area contributed by atoms with Crippen LogP contribution in [0.1, 0.15) is 0 Å². The number of halogens is 3. The van der Waals surface area contributed by atoms with Crippen molar-refractivity contribution in [3.05, 3.63) is 0 Å². The van der Waals surface area contributed by atoms with Crippen molar-refractivity contribution in [2.24, 2.45) is 0 Å². The maximum atomic E-state index is 12.4. The summed E-state index contributed by atoms with van der Waals surface area (Å²) in [5, 5.41) is 2.52. The number of nitrogens with one attached hydrogen (secondary N) is 1. The van der Waals surface area contributed by atoms with Crippen molar-refractivity contribution >= 4 is 10.0 Å². The lowest BCUT2D eigenvalue weighted by atomic mass is 10.2. The highest BCUT2D eigenvalue weighted by Gasteiger charge is 2.47. The topological polar surface area (TPSA) is 49.4 Å². The first-order valence-corrected chi connectivity index (χ1v) is 5.82. The first kappa shape index (κ1) is 11.7. The van der Waals surface area contributed by atoms with Crippen molar-refractivity contribution in [2.75, 3.05) is 25.9 Å². The number of nitrogens with zero attached hydrogens (tertiary/aromatic N) is 1. The van der Waals surface area contributed by atoms with Gasteiger partial charge in [0.05, 0.1) is 6.26 Å². The Labute approximate surface area is 80.1 Å². The van der Waals surface area contributed by atoms with E-state index >= 15 is 0 Å². The summed E-state index contributed by atoms with van der Waals surface area (Å²) in [6.45, 7) is -0.265. The second-order valence-electron chi connectivity index (χ2n) is 3.14. The van der Waals surface area contributed by atoms with Crippen LogP contribution in [0.25, 0.3) is 0 Å². The maximum Gasteiger partial charge on any atom is 0.406 e. The van der Waals surface area contributed by atoms with Gasteiger partial charge in [-0.15, -0.1) is 0 Å². The van der Waals surface area contributed by atoms with E-state index in [1.807, 2.05) is 0 Å². The van der Waals surface area contributed by atoms with Crippen LogP contribution in [0, 0.1) is 0 Å². The lowest BCUT2D eigenvalue weighted by molar-refractivity contribution is -0.173. The molecule has 0 saturated carbocycles. The molecule has 1 aliphatic heterocycles. The minimum absolute atomic E-state index is 0.136. The third kappa shape index (κ3) is 2.58. The van der Waals surface area contributed by atoms with Gasteiger partial charge in [0.15, 0.2) is 0 Å². The van der Waals surface area contributed by atoms with Gasteiger partial charge in [-0.3, -0.25) is 0 Å². The van der Waals surface area contributed by atoms with Gasteiger partial charge in [0.2, 0.25) is 10.0 Å². The first-order valence-electron chi connectivity index (χ1n) is 3.97. The Hall–Kier alpha value is -0.340. The lowest BCUT2D eigenvalue weighted by Gasteiger charge is -2.35. The molecule has 0 bridgehead atoms. The van der Waals surface area contributed by atoms with Crippen molar-refractivity contribution < 1.29 is 21.6 Å². The van der Waals surface area contributed by atoms with Crippen LogP contribution in [0.5, 0.6) is 0 Å². The second kappa shape index (κ2) is 3.67. The van der Waals surface area contributed by atoms with Gasteiger partial charge in [-0.2, -0.15) is 17.5 Å². The molecule has 8 heteroatoms. The predicted octanol–water partition coefficient (Wildman–Crippen LogP) is -0.218. The van der Waals surface area contributed by atoms with Crippen LogP contribution in [-0.2, 0) is 10.0 Å². The molecule has 84 valence electrons. The van der Waals surface area contributed by atoms with Gasteiger partial charge in [0.1, 0.15) is 6.04 Å². The molecule has 14 heavy (non-hydrogen) atoms. The molecule has 1 fully saturated rings. The van der Waals surface area contributed by atoms with Crippen molar-refractivity contribution in [3.8, 4) is 0 Å². The third-order valence-corrected chi connectivity index (χ3v) is 3.29. The van der Waals surface area contributed by atoms with Gasteiger partial charge in [0.25, 0.3) is 0 Å². The molecule has 0 amide bonds. The number of piperazine rings is 1. The van der Waals surface area contributed by atoms with E-state index in [1.165, 1.54) is 0 Å². The van der Waals surface area contributed by atoms with Crippen LogP contribution in [-0.4, -0.2) is 50.8 Å². The zero-order valence-corrected chi connectivity index (χ0v) is 8.32. The van der Waals surface area contributed by atoms with Crippen molar-refractivity contribution in [1.29, 1.82) is 0 Å². The number of hydrogen-bond acceptors (Lipinski definition) is 3. The zero-order valence-electron chi connectivity index (χ0n) is 7.50. The normalized spacial score (nSPS) is 26.4. The van der Waals surface area contributed by atoms with E-state index < -0.39 is 22.2 Å². The molecule has 0 radical (unpaired) electrons. The van der Waals surface area contributed by atoms with Gasteiger partial charge in [-0.1, -0.05) is 0 Å². The van der Waals surface area contributed by atoms with Gasteiger partial charge in [-0.05, 0) is 0 Å². The zero-order chi connectivity index (χ0) is 11.0. The van der Waals surface area contributed by atoms with Crippen LogP contribution < -0.4 is 5.32 Å². The monoisotopic (exact) mass is 232 g/mol. The number of rotatable bonds is 1. The van der Waals surface area contributed by atoms with Crippen molar-refractivity contribution in [2.45, 2.75) is 12.2 Å². The van der Waals surface area contributed by atoms with Crippen molar-refractivity contribution in [1.82, 2.24) is 9.62 Å². The van der Waals surface area contributed by atoms with Gasteiger partial charge < -0.3 is 5.32 Å². The number of sulfonamides is 1. The Morgan fingerprint density at radius 2 is 2.00 bits per heavy atom. The molecule has 1 unspecified atom stereocenters. The van der Waals surface area contributed by atoms with Crippen LogP contribution >= 0.6 is 0 Å². The Balaban J connectivity index is 2.91. The summed E-state index contributed by atoms with van der Waals surface area (Å²) < 4.78 is 59.7. The molecule has 4 nitrogen and oxygen atoms in total. The molecule has 0 aliphatic carbocycles. The molecule has 1 heterocycles. The van der Waals surface area contributed by atoms with Crippen LogP contribution in [0.4, 0.5) is 13.2 Å². The smallest absolute Gasteiger partial charge is 0.313 e. The first-order chi connectivity index (χ1) is 6.23. The van der Waals surface area contributed by atoms with E-state index in [2.05, 4.69) is 5.32 Å². The summed E-state index contributed by atoms with van der Waals surface area (Å²) in [6, 6.07) is -1.94. The molecule has 0 aromatic rings. The van der Waals surface area contributed by atoms with Gasteiger partial charge >= 0.3 is 6.18 Å². The molecule has 1 rings (SSSR count). The number of hydrogen-bond donors (Lipinski definition) is 1. The molecule has 1 atom stereocenters. The minimum Gasteiger partial charge on any atom is -0.313 e. The molecule has 1 aliphatic rings. The summed E-state index contributed by atoms with van der Waals surface area (Å²) in [5.41, 5.74) is 0. The summed E-state index contributed by atoms with van der Waals surface area (Å²) in [6.07, 6.45) is -3.73. The van der Waals surface area contributed by atoms with Crippen LogP contribution in [0.15, 0.2) is 0 Å². The Morgan fingerprint density at radius 3 is 2.36 bits per heavy atom. The van der Waals surface area contributed by atoms with Crippen LogP contribution in [0.2, 0.25) is 0 Å². The Morgan fingerprint density at radius 1 is 1.43 bits per heavy atom. The molecule has 0 aromatic heterocycles. The van der Waals surface area contributed by atoms with Crippen LogP contribution in [0.3, 0.4) is 0 Å². The van der Waals surface area contributed by atoms with E-state index in [1.54, 1.807) is 0 Å². The Bertz CT molecular complexity index is 301. The van der Waals surface area contributed by atoms with Crippen molar-refractivity contribution in [3.63, 3.8) is 0 Å². The molecular formula is C6H11F3N2O2S. The van der Waals surface area contributed by atoms with Gasteiger partial charge in [-0.25, -0.2) is 8.42 Å². The summed E-state index contributed by atoms with van der Waals surface area (Å²) in [4.78, 5) is 0. The maximum absolute atomic E-state index is 12.4. The summed E-state index contributed by atoms with van der Waals surface area (Å²) >= 11 is 0. The highest BCUT2D eigenvalue weighted by atomic mass is 32.2. The average Bonchev–Trinajstić information content (AvgIpc) is 2.01. The quantitative estimate of drug-likeness (QED) is 0.680. The molecule has 1 N–H and O–H groups in total. The fourth-order valence-electron chi connectivity index (χ4n) is 1.36. The largest absolute Gasteiger partial charge is 0.406 e. The fourth-order valence-corrected chi connectivity index (χ4v) is 2.44. The highest BCUT2D eigenvalue weighted by Crippen LogP contribution is 2.27. The Kier molecular flexibility index (Phi) is 3.07. The van der Waals surface area contributed by atoms with E-state index in [0.29, 0.717) is 4.31 Å². The van der Waals surface area contributed by atoms with Gasteiger partial charge in [0, 0.05) is 19.6 Å². The lowest BCUT2D eigenvalue weighted by Crippen LogP contribution is -2.59. The van der Waals surface area contributed by atoms with E-state index in [0.717, 1.165) is 6.26 Å². The second-order valence-corrected chi connectivity index (χ2v) is 5.07. The summed E-state index contributed by atoms with van der Waals surface area (Å²) in [5.74, 6) is 0.